The fourth-order valence-corrected chi connectivity index (χ4v) is 2.68. The van der Waals surface area contributed by atoms with E-state index in [9.17, 15) is 0 Å². The molecule has 3 aromatic heterocycles. The number of H-pyrrole nitrogens is 1. The molecule has 25 heavy (non-hydrogen) atoms. The van der Waals surface area contributed by atoms with E-state index in [1.165, 1.54) is 5.56 Å². The van der Waals surface area contributed by atoms with Crippen LogP contribution < -0.4 is 10.6 Å². The lowest BCUT2D eigenvalue weighted by molar-refractivity contribution is 0.992. The highest BCUT2D eigenvalue weighted by molar-refractivity contribution is 5.59. The number of anilines is 3. The number of hydrogen-bond acceptors (Lipinski definition) is 5. The van der Waals surface area contributed by atoms with Crippen LogP contribution in [0.15, 0.2) is 54.9 Å². The maximum atomic E-state index is 4.66. The van der Waals surface area contributed by atoms with Crippen LogP contribution in [0.2, 0.25) is 0 Å². The van der Waals surface area contributed by atoms with Crippen LogP contribution in [-0.2, 0) is 6.42 Å². The summed E-state index contributed by atoms with van der Waals surface area (Å²) in [4.78, 5) is 9.02. The molecule has 0 atom stereocenters. The van der Waals surface area contributed by atoms with E-state index in [0.717, 1.165) is 35.9 Å². The van der Waals surface area contributed by atoms with Crippen LogP contribution in [0.25, 0.3) is 5.65 Å². The second-order valence-electron chi connectivity index (χ2n) is 5.84. The lowest BCUT2D eigenvalue weighted by Gasteiger charge is -2.10. The summed E-state index contributed by atoms with van der Waals surface area (Å²) in [5.41, 5.74) is 3.11. The van der Waals surface area contributed by atoms with Crippen molar-refractivity contribution in [2.45, 2.75) is 13.3 Å². The number of fused-ring (bicyclic) bond motifs is 1. The van der Waals surface area contributed by atoms with E-state index in [4.69, 9.17) is 0 Å². The Morgan fingerprint density at radius 2 is 2.00 bits per heavy atom. The van der Waals surface area contributed by atoms with Crippen LogP contribution >= 0.6 is 0 Å². The van der Waals surface area contributed by atoms with Gasteiger partial charge in [0.15, 0.2) is 5.82 Å². The maximum absolute atomic E-state index is 4.66. The summed E-state index contributed by atoms with van der Waals surface area (Å²) in [7, 11) is 0. The highest BCUT2D eigenvalue weighted by Crippen LogP contribution is 2.18. The fraction of sp³-hybridized carbons (Fsp3) is 0.167. The van der Waals surface area contributed by atoms with E-state index >= 15 is 0 Å². The summed E-state index contributed by atoms with van der Waals surface area (Å²) in [5.74, 6) is 2.18. The van der Waals surface area contributed by atoms with Gasteiger partial charge in [-0.05, 0) is 18.9 Å². The molecule has 0 radical (unpaired) electrons. The summed E-state index contributed by atoms with van der Waals surface area (Å²) in [6, 6.07) is 14.3. The first-order valence-corrected chi connectivity index (χ1v) is 8.19. The third-order valence-corrected chi connectivity index (χ3v) is 3.90. The summed E-state index contributed by atoms with van der Waals surface area (Å²) >= 11 is 0. The summed E-state index contributed by atoms with van der Waals surface area (Å²) in [5, 5.41) is 13.7. The predicted octanol–water partition coefficient (Wildman–Crippen LogP) is 3.16. The largest absolute Gasteiger partial charge is 0.370 e. The van der Waals surface area contributed by atoms with Crippen LogP contribution in [0.1, 0.15) is 11.3 Å². The maximum Gasteiger partial charge on any atom is 0.216 e. The van der Waals surface area contributed by atoms with Gasteiger partial charge in [-0.1, -0.05) is 30.3 Å². The van der Waals surface area contributed by atoms with Gasteiger partial charge in [0.2, 0.25) is 5.95 Å². The van der Waals surface area contributed by atoms with E-state index < -0.39 is 0 Å². The zero-order valence-corrected chi connectivity index (χ0v) is 13.9. The Morgan fingerprint density at radius 3 is 2.80 bits per heavy atom. The standard InChI is InChI=1S/C18H19N7/c1-13-11-16(24-23-13)22-18-21-15(12-17-20-9-10-25(17)18)19-8-7-14-5-3-2-4-6-14/h2-6,9-12,19H,7-8H2,1H3,(H2,21,22,23,24). The average Bonchev–Trinajstić information content (AvgIpc) is 3.25. The lowest BCUT2D eigenvalue weighted by Crippen LogP contribution is -2.09. The molecule has 0 saturated carbocycles. The van der Waals surface area contributed by atoms with Crippen molar-refractivity contribution in [1.82, 2.24) is 24.6 Å². The predicted molar refractivity (Wildman–Crippen MR) is 98.2 cm³/mol. The fourth-order valence-electron chi connectivity index (χ4n) is 2.68. The molecule has 0 aliphatic carbocycles. The van der Waals surface area contributed by atoms with Gasteiger partial charge in [0, 0.05) is 36.8 Å². The smallest absolute Gasteiger partial charge is 0.216 e. The van der Waals surface area contributed by atoms with E-state index in [1.807, 2.05) is 35.7 Å². The van der Waals surface area contributed by atoms with Crippen molar-refractivity contribution in [1.29, 1.82) is 0 Å². The molecule has 1 aromatic carbocycles. The Hall–Kier alpha value is -3.35. The van der Waals surface area contributed by atoms with Gasteiger partial charge in [0.1, 0.15) is 11.5 Å². The number of hydrogen-bond donors (Lipinski definition) is 3. The van der Waals surface area contributed by atoms with Crippen molar-refractivity contribution in [2.24, 2.45) is 0 Å². The highest BCUT2D eigenvalue weighted by Gasteiger charge is 2.08. The summed E-state index contributed by atoms with van der Waals surface area (Å²) in [6.45, 7) is 2.76. The lowest BCUT2D eigenvalue weighted by atomic mass is 10.1. The molecule has 0 saturated heterocycles. The SMILES string of the molecule is Cc1cc(Nc2nc(NCCc3ccccc3)cc3nccn23)n[nH]1. The molecule has 126 valence electrons. The number of rotatable bonds is 6. The number of benzene rings is 1. The van der Waals surface area contributed by atoms with Crippen LogP contribution in [-0.4, -0.2) is 31.1 Å². The number of aryl methyl sites for hydroxylation is 1. The summed E-state index contributed by atoms with van der Waals surface area (Å²) in [6.07, 6.45) is 4.56. The van der Waals surface area contributed by atoms with Crippen molar-refractivity contribution >= 4 is 23.2 Å². The van der Waals surface area contributed by atoms with Gasteiger partial charge in [0.25, 0.3) is 0 Å². The molecule has 0 amide bonds. The van der Waals surface area contributed by atoms with Crippen LogP contribution in [0.3, 0.4) is 0 Å². The number of aromatic amines is 1. The van der Waals surface area contributed by atoms with Crippen LogP contribution in [0, 0.1) is 6.92 Å². The second-order valence-corrected chi connectivity index (χ2v) is 5.84. The van der Waals surface area contributed by atoms with Gasteiger partial charge < -0.3 is 10.6 Å². The monoisotopic (exact) mass is 333 g/mol. The molecule has 0 spiro atoms. The van der Waals surface area contributed by atoms with Crippen molar-refractivity contribution in [3.63, 3.8) is 0 Å². The Labute approximate surface area is 145 Å². The molecule has 4 rings (SSSR count). The van der Waals surface area contributed by atoms with Crippen molar-refractivity contribution in [2.75, 3.05) is 17.2 Å². The quantitative estimate of drug-likeness (QED) is 0.505. The van der Waals surface area contributed by atoms with Crippen molar-refractivity contribution in [3.05, 3.63) is 66.1 Å². The van der Waals surface area contributed by atoms with Crippen molar-refractivity contribution < 1.29 is 0 Å². The zero-order chi connectivity index (χ0) is 17.1. The minimum atomic E-state index is 0.670. The molecular weight excluding hydrogens is 314 g/mol. The third-order valence-electron chi connectivity index (χ3n) is 3.90. The number of nitrogens with one attached hydrogen (secondary N) is 3. The number of aromatic nitrogens is 5. The topological polar surface area (TPSA) is 82.9 Å². The first-order chi connectivity index (χ1) is 12.3. The molecular formula is C18H19N7. The van der Waals surface area contributed by atoms with E-state index in [0.29, 0.717) is 5.95 Å². The molecule has 3 N–H and O–H groups in total. The molecule has 4 aromatic rings. The Kier molecular flexibility index (Phi) is 4.04. The summed E-state index contributed by atoms with van der Waals surface area (Å²) < 4.78 is 1.90. The normalized spacial score (nSPS) is 10.9. The second kappa shape index (κ2) is 6.64. The minimum absolute atomic E-state index is 0.670. The van der Waals surface area contributed by atoms with Gasteiger partial charge >= 0.3 is 0 Å². The van der Waals surface area contributed by atoms with E-state index in [1.54, 1.807) is 6.20 Å². The molecule has 0 bridgehead atoms. The number of nitrogens with zero attached hydrogens (tertiary/aromatic N) is 4. The molecule has 7 nitrogen and oxygen atoms in total. The highest BCUT2D eigenvalue weighted by atomic mass is 15.3. The molecule has 0 aliphatic rings. The Morgan fingerprint density at radius 1 is 1.12 bits per heavy atom. The Balaban J connectivity index is 1.53. The first kappa shape index (κ1) is 15.2. The van der Waals surface area contributed by atoms with Gasteiger partial charge in [-0.15, -0.1) is 0 Å². The molecule has 3 heterocycles. The zero-order valence-electron chi connectivity index (χ0n) is 13.9. The molecule has 7 heteroatoms. The van der Waals surface area contributed by atoms with Gasteiger partial charge in [-0.25, -0.2) is 4.98 Å². The minimum Gasteiger partial charge on any atom is -0.370 e. The van der Waals surface area contributed by atoms with Crippen LogP contribution in [0.5, 0.6) is 0 Å². The molecule has 0 unspecified atom stereocenters. The molecule has 0 aliphatic heterocycles. The van der Waals surface area contributed by atoms with E-state index in [2.05, 4.69) is 55.1 Å². The van der Waals surface area contributed by atoms with Crippen molar-refractivity contribution in [3.8, 4) is 0 Å². The first-order valence-electron chi connectivity index (χ1n) is 8.19. The van der Waals surface area contributed by atoms with Gasteiger partial charge in [-0.3, -0.25) is 9.50 Å². The van der Waals surface area contributed by atoms with E-state index in [-0.39, 0.29) is 0 Å². The number of imidazole rings is 1. The Bertz CT molecular complexity index is 971. The average molecular weight is 333 g/mol. The van der Waals surface area contributed by atoms with Crippen LogP contribution in [0.4, 0.5) is 17.6 Å². The van der Waals surface area contributed by atoms with Gasteiger partial charge in [-0.2, -0.15) is 10.1 Å². The molecule has 0 fully saturated rings. The van der Waals surface area contributed by atoms with Gasteiger partial charge in [0.05, 0.1) is 0 Å². The third kappa shape index (κ3) is 3.45.